The third kappa shape index (κ3) is 3.76. The summed E-state index contributed by atoms with van der Waals surface area (Å²) in [6.45, 7) is 5.04. The van der Waals surface area contributed by atoms with Gasteiger partial charge in [-0.05, 0) is 19.1 Å². The van der Waals surface area contributed by atoms with Crippen molar-refractivity contribution in [1.29, 1.82) is 0 Å². The molecule has 2 saturated heterocycles. The molecule has 2 heterocycles. The molecule has 6 heteroatoms. The average Bonchev–Trinajstić information content (AvgIpc) is 3.03. The van der Waals surface area contributed by atoms with Crippen LogP contribution in [0.1, 0.15) is 19.8 Å². The average molecular weight is 321 g/mol. The van der Waals surface area contributed by atoms with E-state index in [-0.39, 0.29) is 12.5 Å². The van der Waals surface area contributed by atoms with Gasteiger partial charge in [-0.3, -0.25) is 4.79 Å². The number of carbonyl (C=O) groups is 1. The fourth-order valence-electron chi connectivity index (χ4n) is 2.96. The lowest BCUT2D eigenvalue weighted by atomic mass is 10.0. The quantitative estimate of drug-likeness (QED) is 0.828. The van der Waals surface area contributed by atoms with E-state index in [1.165, 1.54) is 0 Å². The van der Waals surface area contributed by atoms with Gasteiger partial charge in [-0.2, -0.15) is 0 Å². The van der Waals surface area contributed by atoms with Crippen LogP contribution in [0.3, 0.4) is 0 Å². The van der Waals surface area contributed by atoms with Gasteiger partial charge in [0.2, 0.25) is 0 Å². The molecule has 2 fully saturated rings. The van der Waals surface area contributed by atoms with Crippen LogP contribution in [-0.2, 0) is 14.3 Å². The molecular weight excluding hydrogens is 298 g/mol. The Hall–Kier alpha value is -1.79. The molecule has 2 aliphatic rings. The van der Waals surface area contributed by atoms with Crippen molar-refractivity contribution >= 4 is 5.91 Å². The second-order valence-corrected chi connectivity index (χ2v) is 5.66. The van der Waals surface area contributed by atoms with E-state index in [1.54, 1.807) is 4.90 Å². The summed E-state index contributed by atoms with van der Waals surface area (Å²) in [5, 5.41) is 0. The van der Waals surface area contributed by atoms with Gasteiger partial charge in [-0.15, -0.1) is 0 Å². The Morgan fingerprint density at radius 1 is 1.13 bits per heavy atom. The fraction of sp³-hybridized carbons (Fsp3) is 0.588. The standard InChI is InChI=1S/C17H23NO5/c1-2-20-14-5-3-4-6-15(14)21-13-16(19)18-9-7-17(8-10-18)22-11-12-23-17/h3-6H,2,7-13H2,1H3. The molecule has 23 heavy (non-hydrogen) atoms. The predicted molar refractivity (Wildman–Crippen MR) is 83.6 cm³/mol. The molecule has 1 aromatic rings. The minimum absolute atomic E-state index is 0.0127. The van der Waals surface area contributed by atoms with Crippen LogP contribution in [0.2, 0.25) is 0 Å². The van der Waals surface area contributed by atoms with Gasteiger partial charge in [-0.25, -0.2) is 0 Å². The van der Waals surface area contributed by atoms with Crippen LogP contribution in [0.5, 0.6) is 11.5 Å². The van der Waals surface area contributed by atoms with E-state index >= 15 is 0 Å². The van der Waals surface area contributed by atoms with Crippen LogP contribution in [0.25, 0.3) is 0 Å². The highest BCUT2D eigenvalue weighted by Crippen LogP contribution is 2.31. The number of ether oxygens (including phenoxy) is 4. The summed E-state index contributed by atoms with van der Waals surface area (Å²) in [5.74, 6) is 0.773. The number of amides is 1. The first-order valence-electron chi connectivity index (χ1n) is 8.13. The van der Waals surface area contributed by atoms with Gasteiger partial charge in [0, 0.05) is 25.9 Å². The van der Waals surface area contributed by atoms with Crippen molar-refractivity contribution in [1.82, 2.24) is 4.90 Å². The molecule has 2 aliphatic heterocycles. The largest absolute Gasteiger partial charge is 0.490 e. The Kier molecular flexibility index (Phi) is 5.03. The first-order valence-corrected chi connectivity index (χ1v) is 8.13. The minimum atomic E-state index is -0.459. The van der Waals surface area contributed by atoms with Crippen molar-refractivity contribution in [3.05, 3.63) is 24.3 Å². The Balaban J connectivity index is 1.50. The highest BCUT2D eigenvalue weighted by molar-refractivity contribution is 5.78. The summed E-state index contributed by atoms with van der Waals surface area (Å²) in [4.78, 5) is 14.1. The lowest BCUT2D eigenvalue weighted by molar-refractivity contribution is -0.187. The summed E-state index contributed by atoms with van der Waals surface area (Å²) in [6.07, 6.45) is 1.43. The maximum atomic E-state index is 12.3. The van der Waals surface area contributed by atoms with Crippen LogP contribution in [0.15, 0.2) is 24.3 Å². The summed E-state index contributed by atoms with van der Waals surface area (Å²) in [6, 6.07) is 7.39. The molecule has 6 nitrogen and oxygen atoms in total. The van der Waals surface area contributed by atoms with Gasteiger partial charge < -0.3 is 23.8 Å². The Labute approximate surface area is 136 Å². The number of piperidine rings is 1. The first-order chi connectivity index (χ1) is 11.2. The Morgan fingerprint density at radius 2 is 1.74 bits per heavy atom. The monoisotopic (exact) mass is 321 g/mol. The van der Waals surface area contributed by atoms with E-state index < -0.39 is 5.79 Å². The van der Waals surface area contributed by atoms with Crippen molar-refractivity contribution < 1.29 is 23.7 Å². The number of carbonyl (C=O) groups excluding carboxylic acids is 1. The van der Waals surface area contributed by atoms with Crippen LogP contribution >= 0.6 is 0 Å². The summed E-state index contributed by atoms with van der Waals surface area (Å²) >= 11 is 0. The second kappa shape index (κ2) is 7.19. The van der Waals surface area contributed by atoms with E-state index in [4.69, 9.17) is 18.9 Å². The van der Waals surface area contributed by atoms with Crippen molar-refractivity contribution in [2.24, 2.45) is 0 Å². The van der Waals surface area contributed by atoms with E-state index in [0.29, 0.717) is 57.3 Å². The molecular formula is C17H23NO5. The normalized spacial score (nSPS) is 19.8. The second-order valence-electron chi connectivity index (χ2n) is 5.66. The third-order valence-electron chi connectivity index (χ3n) is 4.19. The van der Waals surface area contributed by atoms with Crippen LogP contribution < -0.4 is 9.47 Å². The van der Waals surface area contributed by atoms with Gasteiger partial charge in [-0.1, -0.05) is 12.1 Å². The molecule has 1 amide bonds. The predicted octanol–water partition coefficient (Wildman–Crippen LogP) is 1.83. The molecule has 0 aliphatic carbocycles. The molecule has 1 spiro atoms. The fourth-order valence-corrected chi connectivity index (χ4v) is 2.96. The van der Waals surface area contributed by atoms with E-state index in [9.17, 15) is 4.79 Å². The van der Waals surface area contributed by atoms with Gasteiger partial charge in [0.05, 0.1) is 19.8 Å². The zero-order valence-electron chi connectivity index (χ0n) is 13.5. The van der Waals surface area contributed by atoms with E-state index in [0.717, 1.165) is 0 Å². The molecule has 0 radical (unpaired) electrons. The van der Waals surface area contributed by atoms with Gasteiger partial charge in [0.25, 0.3) is 5.91 Å². The van der Waals surface area contributed by atoms with Gasteiger partial charge in [0.15, 0.2) is 23.9 Å². The highest BCUT2D eigenvalue weighted by Gasteiger charge is 2.40. The number of nitrogens with zero attached hydrogens (tertiary/aromatic N) is 1. The molecule has 0 atom stereocenters. The first kappa shape index (κ1) is 16.1. The molecule has 3 rings (SSSR count). The zero-order chi connectivity index (χ0) is 16.1. The van der Waals surface area contributed by atoms with Crippen LogP contribution in [0.4, 0.5) is 0 Å². The maximum absolute atomic E-state index is 12.3. The smallest absolute Gasteiger partial charge is 0.260 e. The Bertz CT molecular complexity index is 532. The summed E-state index contributed by atoms with van der Waals surface area (Å²) in [7, 11) is 0. The number of likely N-dealkylation sites (tertiary alicyclic amines) is 1. The molecule has 126 valence electrons. The zero-order valence-corrected chi connectivity index (χ0v) is 13.5. The van der Waals surface area contributed by atoms with Crippen molar-refractivity contribution in [3.63, 3.8) is 0 Å². The molecule has 0 saturated carbocycles. The SMILES string of the molecule is CCOc1ccccc1OCC(=O)N1CCC2(CC1)OCCO2. The van der Waals surface area contributed by atoms with Crippen LogP contribution in [0, 0.1) is 0 Å². The topological polar surface area (TPSA) is 57.2 Å². The van der Waals surface area contributed by atoms with Crippen LogP contribution in [-0.4, -0.2) is 56.1 Å². The lowest BCUT2D eigenvalue weighted by Gasteiger charge is -2.37. The number of para-hydroxylation sites is 2. The number of hydrogen-bond acceptors (Lipinski definition) is 5. The van der Waals surface area contributed by atoms with Crippen molar-refractivity contribution in [2.45, 2.75) is 25.6 Å². The Morgan fingerprint density at radius 3 is 2.35 bits per heavy atom. The summed E-state index contributed by atoms with van der Waals surface area (Å²) < 4.78 is 22.5. The highest BCUT2D eigenvalue weighted by atomic mass is 16.7. The molecule has 0 unspecified atom stereocenters. The number of benzene rings is 1. The summed E-state index contributed by atoms with van der Waals surface area (Å²) in [5.41, 5.74) is 0. The molecule has 1 aromatic carbocycles. The van der Waals surface area contributed by atoms with E-state index in [1.807, 2.05) is 31.2 Å². The van der Waals surface area contributed by atoms with Crippen molar-refractivity contribution in [3.8, 4) is 11.5 Å². The minimum Gasteiger partial charge on any atom is -0.490 e. The molecule has 0 N–H and O–H groups in total. The number of rotatable bonds is 5. The molecule has 0 bridgehead atoms. The maximum Gasteiger partial charge on any atom is 0.260 e. The van der Waals surface area contributed by atoms with Gasteiger partial charge in [0.1, 0.15) is 0 Å². The molecule has 0 aromatic heterocycles. The number of hydrogen-bond donors (Lipinski definition) is 0. The van der Waals surface area contributed by atoms with E-state index in [2.05, 4.69) is 0 Å². The lowest BCUT2D eigenvalue weighted by Crippen LogP contribution is -2.48. The third-order valence-corrected chi connectivity index (χ3v) is 4.19. The van der Waals surface area contributed by atoms with Crippen molar-refractivity contribution in [2.75, 3.05) is 39.5 Å². The van der Waals surface area contributed by atoms with Gasteiger partial charge >= 0.3 is 0 Å².